The molecule has 0 aliphatic rings. The highest BCUT2D eigenvalue weighted by atomic mass is 35.5. The highest BCUT2D eigenvalue weighted by Gasteiger charge is 2.18. The summed E-state index contributed by atoms with van der Waals surface area (Å²) in [5.74, 6) is -0.567. The van der Waals surface area contributed by atoms with Crippen LogP contribution in [0.2, 0.25) is 5.02 Å². The second-order valence-electron chi connectivity index (χ2n) is 6.39. The molecule has 0 spiro atoms. The van der Waals surface area contributed by atoms with Gasteiger partial charge in [0.2, 0.25) is 0 Å². The van der Waals surface area contributed by atoms with Crippen molar-refractivity contribution in [3.05, 3.63) is 93.6 Å². The molecule has 1 heterocycles. The number of carbonyl (C=O) groups excluding carboxylic acids is 1. The molecule has 0 fully saturated rings. The zero-order valence-corrected chi connectivity index (χ0v) is 16.5. The number of nitrogens with zero attached hydrogens (tertiary/aromatic N) is 2. The van der Waals surface area contributed by atoms with Crippen molar-refractivity contribution in [3.8, 4) is 11.4 Å². The number of halogens is 2. The van der Waals surface area contributed by atoms with Crippen LogP contribution in [0.15, 0.2) is 71.5 Å². The predicted molar refractivity (Wildman–Crippen MR) is 113 cm³/mol. The van der Waals surface area contributed by atoms with Crippen molar-refractivity contribution in [2.45, 2.75) is 0 Å². The van der Waals surface area contributed by atoms with Gasteiger partial charge >= 0.3 is 0 Å². The minimum atomic E-state index is -0.587. The van der Waals surface area contributed by atoms with Crippen molar-refractivity contribution in [2.24, 2.45) is 0 Å². The summed E-state index contributed by atoms with van der Waals surface area (Å²) in [5.41, 5.74) is 0.315. The summed E-state index contributed by atoms with van der Waals surface area (Å²) in [4.78, 5) is 26.0. The van der Waals surface area contributed by atoms with Gasteiger partial charge in [-0.05, 0) is 36.4 Å². The van der Waals surface area contributed by atoms with Crippen molar-refractivity contribution in [2.75, 3.05) is 12.4 Å². The summed E-state index contributed by atoms with van der Waals surface area (Å²) in [7, 11) is 1.51. The van der Waals surface area contributed by atoms with Crippen molar-refractivity contribution < 1.29 is 13.9 Å². The number of hydrogen-bond donors (Lipinski definition) is 1. The number of ether oxygens (including phenoxy) is 1. The third kappa shape index (κ3) is 3.62. The number of rotatable bonds is 4. The Kier molecular flexibility index (Phi) is 5.20. The average molecular weight is 424 g/mol. The first-order chi connectivity index (χ1) is 14.5. The number of anilines is 1. The maximum absolute atomic E-state index is 13.3. The second kappa shape index (κ2) is 7.96. The van der Waals surface area contributed by atoms with Gasteiger partial charge in [0, 0.05) is 11.5 Å². The maximum atomic E-state index is 13.3. The Morgan fingerprint density at radius 3 is 2.57 bits per heavy atom. The Morgan fingerprint density at radius 2 is 1.83 bits per heavy atom. The molecule has 0 saturated heterocycles. The van der Waals surface area contributed by atoms with Crippen LogP contribution in [0.1, 0.15) is 10.5 Å². The van der Waals surface area contributed by atoms with E-state index in [9.17, 15) is 14.0 Å². The van der Waals surface area contributed by atoms with Gasteiger partial charge in [0.1, 0.15) is 11.6 Å². The topological polar surface area (TPSA) is 73.2 Å². The van der Waals surface area contributed by atoms with E-state index in [1.165, 1.54) is 19.2 Å². The monoisotopic (exact) mass is 423 g/mol. The van der Waals surface area contributed by atoms with Crippen LogP contribution in [0.3, 0.4) is 0 Å². The van der Waals surface area contributed by atoms with Gasteiger partial charge in [-0.1, -0.05) is 35.9 Å². The zero-order valence-electron chi connectivity index (χ0n) is 15.7. The van der Waals surface area contributed by atoms with Gasteiger partial charge in [-0.2, -0.15) is 9.78 Å². The van der Waals surface area contributed by atoms with Crippen molar-refractivity contribution in [3.63, 3.8) is 0 Å². The summed E-state index contributed by atoms with van der Waals surface area (Å²) in [5, 5.41) is 7.70. The minimum absolute atomic E-state index is 0.0217. The molecule has 0 aliphatic heterocycles. The normalized spacial score (nSPS) is 10.8. The van der Waals surface area contributed by atoms with Gasteiger partial charge in [-0.15, -0.1) is 0 Å². The van der Waals surface area contributed by atoms with Crippen LogP contribution < -0.4 is 15.6 Å². The largest absolute Gasteiger partial charge is 0.497 e. The molecule has 4 rings (SSSR count). The van der Waals surface area contributed by atoms with Gasteiger partial charge in [0.15, 0.2) is 5.69 Å². The van der Waals surface area contributed by atoms with Crippen molar-refractivity contribution >= 4 is 34.0 Å². The summed E-state index contributed by atoms with van der Waals surface area (Å²) < 4.78 is 19.7. The summed E-state index contributed by atoms with van der Waals surface area (Å²) >= 11 is 6.02. The molecule has 6 nitrogen and oxygen atoms in total. The van der Waals surface area contributed by atoms with Gasteiger partial charge in [0.05, 0.1) is 28.9 Å². The Morgan fingerprint density at radius 1 is 1.07 bits per heavy atom. The van der Waals surface area contributed by atoms with Crippen LogP contribution >= 0.6 is 11.6 Å². The Bertz CT molecular complexity index is 1340. The number of methoxy groups -OCH3 is 1. The molecule has 0 bridgehead atoms. The van der Waals surface area contributed by atoms with Crippen LogP contribution in [-0.2, 0) is 0 Å². The molecule has 4 aromatic rings. The van der Waals surface area contributed by atoms with E-state index in [4.69, 9.17) is 16.3 Å². The van der Waals surface area contributed by atoms with Crippen molar-refractivity contribution in [1.82, 2.24) is 9.78 Å². The molecule has 1 N–H and O–H groups in total. The smallest absolute Gasteiger partial charge is 0.279 e. The average Bonchev–Trinajstić information content (AvgIpc) is 2.76. The fourth-order valence-corrected chi connectivity index (χ4v) is 3.26. The van der Waals surface area contributed by atoms with Crippen LogP contribution in [0.4, 0.5) is 10.1 Å². The van der Waals surface area contributed by atoms with Crippen LogP contribution in [0.5, 0.6) is 5.75 Å². The first kappa shape index (κ1) is 19.6. The molecule has 0 unspecified atom stereocenters. The Labute approximate surface area is 175 Å². The maximum Gasteiger partial charge on any atom is 0.279 e. The van der Waals surface area contributed by atoms with Crippen LogP contribution in [0.25, 0.3) is 16.5 Å². The minimum Gasteiger partial charge on any atom is -0.497 e. The number of nitrogens with one attached hydrogen (secondary N) is 1. The van der Waals surface area contributed by atoms with E-state index in [1.54, 1.807) is 48.5 Å². The molecule has 0 radical (unpaired) electrons. The van der Waals surface area contributed by atoms with Crippen LogP contribution in [0, 0.1) is 5.82 Å². The third-order valence-corrected chi connectivity index (χ3v) is 4.81. The highest BCUT2D eigenvalue weighted by Crippen LogP contribution is 2.24. The van der Waals surface area contributed by atoms with Crippen molar-refractivity contribution in [1.29, 1.82) is 0 Å². The predicted octanol–water partition coefficient (Wildman–Crippen LogP) is 4.44. The first-order valence-electron chi connectivity index (χ1n) is 8.91. The molecular formula is C22H15ClFN3O3. The molecule has 30 heavy (non-hydrogen) atoms. The zero-order chi connectivity index (χ0) is 21.3. The second-order valence-corrected chi connectivity index (χ2v) is 6.80. The van der Waals surface area contributed by atoms with Gasteiger partial charge in [-0.3, -0.25) is 9.59 Å². The number of aromatic nitrogens is 2. The fourth-order valence-electron chi connectivity index (χ4n) is 3.05. The summed E-state index contributed by atoms with van der Waals surface area (Å²) in [6.07, 6.45) is 0. The lowest BCUT2D eigenvalue weighted by atomic mass is 10.1. The number of amides is 1. The summed E-state index contributed by atoms with van der Waals surface area (Å²) in [6, 6.07) is 17.1. The lowest BCUT2D eigenvalue weighted by Crippen LogP contribution is -2.26. The van der Waals surface area contributed by atoms with E-state index in [-0.39, 0.29) is 22.0 Å². The Hall–Kier alpha value is -3.71. The molecule has 1 aromatic heterocycles. The number of carbonyl (C=O) groups is 1. The first-order valence-corrected chi connectivity index (χ1v) is 9.28. The number of fused-ring (bicyclic) bond motifs is 1. The number of benzene rings is 3. The summed E-state index contributed by atoms with van der Waals surface area (Å²) in [6.45, 7) is 0. The molecule has 8 heteroatoms. The molecule has 150 valence electrons. The fraction of sp³-hybridized carbons (Fsp3) is 0.0455. The molecule has 0 saturated carbocycles. The number of hydrogen-bond acceptors (Lipinski definition) is 4. The van der Waals surface area contributed by atoms with E-state index < -0.39 is 11.7 Å². The third-order valence-electron chi connectivity index (χ3n) is 4.50. The molecule has 3 aromatic carbocycles. The Balaban J connectivity index is 1.87. The van der Waals surface area contributed by atoms with E-state index in [2.05, 4.69) is 10.4 Å². The SMILES string of the molecule is COc1cccc(-n2nc(C(=O)Nc3ccc(F)cc3Cl)c3ccccc3c2=O)c1. The standard InChI is InChI=1S/C22H15ClFN3O3/c1-30-15-6-4-5-14(12-15)27-22(29)17-8-3-2-7-16(17)20(26-27)21(28)25-19-10-9-13(24)11-18(19)23/h2-12H,1H3,(H,25,28). The van der Waals surface area contributed by atoms with Crippen LogP contribution in [-0.4, -0.2) is 22.8 Å². The quantitative estimate of drug-likeness (QED) is 0.526. The molecular weight excluding hydrogens is 409 g/mol. The van der Waals surface area contributed by atoms with E-state index in [1.807, 2.05) is 0 Å². The molecule has 0 aliphatic carbocycles. The van der Waals surface area contributed by atoms with Gasteiger partial charge in [0.25, 0.3) is 11.5 Å². The van der Waals surface area contributed by atoms with Gasteiger partial charge in [-0.25, -0.2) is 4.39 Å². The lowest BCUT2D eigenvalue weighted by molar-refractivity contribution is 0.102. The lowest BCUT2D eigenvalue weighted by Gasteiger charge is -2.12. The highest BCUT2D eigenvalue weighted by molar-refractivity contribution is 6.34. The van der Waals surface area contributed by atoms with E-state index >= 15 is 0 Å². The van der Waals surface area contributed by atoms with E-state index in [0.29, 0.717) is 22.2 Å². The van der Waals surface area contributed by atoms with Gasteiger partial charge < -0.3 is 10.1 Å². The van der Waals surface area contributed by atoms with E-state index in [0.717, 1.165) is 10.7 Å². The molecule has 0 atom stereocenters. The molecule has 1 amide bonds.